The Balaban J connectivity index is 3.78. The van der Waals surface area contributed by atoms with E-state index in [2.05, 4.69) is 0 Å². The van der Waals surface area contributed by atoms with Gasteiger partial charge < -0.3 is 9.90 Å². The smallest absolute Gasteiger partial charge is 0.317 e. The van der Waals surface area contributed by atoms with Crippen molar-refractivity contribution < 1.29 is 14.7 Å². The number of carboxylic acids is 1. The van der Waals surface area contributed by atoms with Crippen LogP contribution in [0, 0.1) is 11.3 Å². The molecule has 0 heterocycles. The van der Waals surface area contributed by atoms with Crippen LogP contribution in [0.5, 0.6) is 0 Å². The van der Waals surface area contributed by atoms with Crippen molar-refractivity contribution in [3.63, 3.8) is 0 Å². The highest BCUT2D eigenvalue weighted by Crippen LogP contribution is 1.88. The van der Waals surface area contributed by atoms with E-state index in [4.69, 9.17) is 10.4 Å². The van der Waals surface area contributed by atoms with Crippen LogP contribution in [-0.2, 0) is 9.59 Å². The quantitative estimate of drug-likeness (QED) is 0.543. The number of carboxylic acid groups (broad SMARTS) is 1. The summed E-state index contributed by atoms with van der Waals surface area (Å²) in [6.07, 6.45) is 0.863. The third kappa shape index (κ3) is 5.38. The molecule has 0 rings (SSSR count). The van der Waals surface area contributed by atoms with E-state index in [0.717, 1.165) is 0 Å². The first-order valence-electron chi connectivity index (χ1n) is 3.45. The lowest BCUT2D eigenvalue weighted by Gasteiger charge is -2.14. The first-order valence-corrected chi connectivity index (χ1v) is 3.45. The number of hydrogen-bond acceptors (Lipinski definition) is 4. The van der Waals surface area contributed by atoms with Gasteiger partial charge in [0.15, 0.2) is 0 Å². The van der Waals surface area contributed by atoms with E-state index in [1.165, 1.54) is 4.90 Å². The molecule has 12 heavy (non-hydrogen) atoms. The van der Waals surface area contributed by atoms with Gasteiger partial charge in [-0.3, -0.25) is 9.69 Å². The first-order chi connectivity index (χ1) is 5.70. The van der Waals surface area contributed by atoms with Crippen molar-refractivity contribution in [2.75, 3.05) is 19.6 Å². The van der Waals surface area contributed by atoms with Gasteiger partial charge in [-0.15, -0.1) is 0 Å². The Labute approximate surface area is 70.2 Å². The maximum absolute atomic E-state index is 10.2. The molecular formula is C7H10N2O3. The van der Waals surface area contributed by atoms with Crippen LogP contribution in [0.1, 0.15) is 6.42 Å². The van der Waals surface area contributed by atoms with Crippen molar-refractivity contribution in [3.05, 3.63) is 0 Å². The Hall–Kier alpha value is -1.41. The SMILES string of the molecule is N#CCCN(CC=O)CC(=O)O. The van der Waals surface area contributed by atoms with Gasteiger partial charge in [0.1, 0.15) is 6.29 Å². The minimum absolute atomic E-state index is 0.0635. The molecule has 5 heteroatoms. The average Bonchev–Trinajstić information content (AvgIpc) is 2.00. The zero-order valence-electron chi connectivity index (χ0n) is 6.56. The van der Waals surface area contributed by atoms with Gasteiger partial charge in [-0.25, -0.2) is 0 Å². The standard InChI is InChI=1S/C7H10N2O3/c8-2-1-3-9(4-5-10)6-7(11)12/h5H,1,3-4,6H2,(H,11,12). The Morgan fingerprint density at radius 2 is 2.33 bits per heavy atom. The summed E-state index contributed by atoms with van der Waals surface area (Å²) < 4.78 is 0. The largest absolute Gasteiger partial charge is 0.480 e. The number of rotatable bonds is 6. The highest BCUT2D eigenvalue weighted by atomic mass is 16.4. The minimum atomic E-state index is -0.991. The highest BCUT2D eigenvalue weighted by molar-refractivity contribution is 5.69. The molecule has 0 radical (unpaired) electrons. The molecule has 0 spiro atoms. The van der Waals surface area contributed by atoms with Crippen molar-refractivity contribution in [1.82, 2.24) is 4.90 Å². The van der Waals surface area contributed by atoms with Crippen molar-refractivity contribution >= 4 is 12.3 Å². The molecule has 0 aromatic carbocycles. The predicted octanol–water partition coefficient (Wildman–Crippen LogP) is -0.514. The fourth-order valence-electron chi connectivity index (χ4n) is 0.740. The van der Waals surface area contributed by atoms with Gasteiger partial charge in [-0.05, 0) is 0 Å². The van der Waals surface area contributed by atoms with Gasteiger partial charge in [-0.1, -0.05) is 0 Å². The Bertz CT molecular complexity index is 197. The summed E-state index contributed by atoms with van der Waals surface area (Å²) in [5.74, 6) is -0.991. The molecule has 0 saturated heterocycles. The molecule has 0 aliphatic carbocycles. The number of nitrogens with zero attached hydrogens (tertiary/aromatic N) is 2. The van der Waals surface area contributed by atoms with Crippen molar-refractivity contribution in [2.45, 2.75) is 6.42 Å². The molecule has 0 aliphatic rings. The van der Waals surface area contributed by atoms with Crippen LogP contribution < -0.4 is 0 Å². The van der Waals surface area contributed by atoms with Crippen LogP contribution in [0.3, 0.4) is 0 Å². The van der Waals surface area contributed by atoms with Gasteiger partial charge in [-0.2, -0.15) is 5.26 Å². The van der Waals surface area contributed by atoms with Crippen LogP contribution in [-0.4, -0.2) is 41.9 Å². The second kappa shape index (κ2) is 6.31. The van der Waals surface area contributed by atoms with Gasteiger partial charge in [0.25, 0.3) is 0 Å². The summed E-state index contributed by atoms with van der Waals surface area (Å²) in [7, 11) is 0. The Kier molecular flexibility index (Phi) is 5.57. The van der Waals surface area contributed by atoms with Crippen LogP contribution in [0.15, 0.2) is 0 Å². The number of nitriles is 1. The molecule has 0 bridgehead atoms. The normalized spacial score (nSPS) is 9.33. The van der Waals surface area contributed by atoms with Gasteiger partial charge in [0.05, 0.1) is 19.2 Å². The zero-order valence-corrected chi connectivity index (χ0v) is 6.56. The molecule has 5 nitrogen and oxygen atoms in total. The van der Waals surface area contributed by atoms with E-state index in [0.29, 0.717) is 12.8 Å². The fraction of sp³-hybridized carbons (Fsp3) is 0.571. The predicted molar refractivity (Wildman–Crippen MR) is 40.4 cm³/mol. The van der Waals surface area contributed by atoms with Crippen LogP contribution in [0.4, 0.5) is 0 Å². The molecule has 0 fully saturated rings. The van der Waals surface area contributed by atoms with Crippen molar-refractivity contribution in [3.8, 4) is 6.07 Å². The molecule has 1 N–H and O–H groups in total. The third-order valence-electron chi connectivity index (χ3n) is 1.23. The second-order valence-corrected chi connectivity index (χ2v) is 2.20. The third-order valence-corrected chi connectivity index (χ3v) is 1.23. The fourth-order valence-corrected chi connectivity index (χ4v) is 0.740. The molecule has 0 amide bonds. The lowest BCUT2D eigenvalue weighted by atomic mass is 10.4. The maximum atomic E-state index is 10.2. The molecule has 0 aromatic rings. The summed E-state index contributed by atoms with van der Waals surface area (Å²) >= 11 is 0. The van der Waals surface area contributed by atoms with Crippen LogP contribution in [0.2, 0.25) is 0 Å². The zero-order chi connectivity index (χ0) is 9.40. The lowest BCUT2D eigenvalue weighted by Crippen LogP contribution is -2.32. The number of hydrogen-bond donors (Lipinski definition) is 1. The average molecular weight is 170 g/mol. The number of aliphatic carboxylic acids is 1. The number of carbonyl (C=O) groups excluding carboxylic acids is 1. The van der Waals surface area contributed by atoms with E-state index >= 15 is 0 Å². The second-order valence-electron chi connectivity index (χ2n) is 2.20. The molecular weight excluding hydrogens is 160 g/mol. The summed E-state index contributed by atoms with van der Waals surface area (Å²) in [5, 5.41) is 16.6. The number of carbonyl (C=O) groups is 2. The molecule has 0 atom stereocenters. The van der Waals surface area contributed by atoms with Crippen molar-refractivity contribution in [2.24, 2.45) is 0 Å². The van der Waals surface area contributed by atoms with Gasteiger partial charge in [0.2, 0.25) is 0 Å². The number of aldehydes is 1. The van der Waals surface area contributed by atoms with E-state index in [-0.39, 0.29) is 19.5 Å². The molecule has 66 valence electrons. The summed E-state index contributed by atoms with van der Waals surface area (Å²) in [6.45, 7) is 0.190. The van der Waals surface area contributed by atoms with Gasteiger partial charge in [0, 0.05) is 13.0 Å². The minimum Gasteiger partial charge on any atom is -0.480 e. The van der Waals surface area contributed by atoms with E-state index in [1.54, 1.807) is 0 Å². The summed E-state index contributed by atoms with van der Waals surface area (Å²) in [5.41, 5.74) is 0. The van der Waals surface area contributed by atoms with E-state index in [9.17, 15) is 9.59 Å². The van der Waals surface area contributed by atoms with Crippen LogP contribution >= 0.6 is 0 Å². The summed E-state index contributed by atoms with van der Waals surface area (Å²) in [4.78, 5) is 21.7. The summed E-state index contributed by atoms with van der Waals surface area (Å²) in [6, 6.07) is 1.88. The molecule has 0 saturated carbocycles. The first kappa shape index (κ1) is 10.6. The monoisotopic (exact) mass is 170 g/mol. The van der Waals surface area contributed by atoms with E-state index < -0.39 is 5.97 Å². The molecule has 0 aliphatic heterocycles. The van der Waals surface area contributed by atoms with Gasteiger partial charge >= 0.3 is 5.97 Å². The van der Waals surface area contributed by atoms with E-state index in [1.807, 2.05) is 6.07 Å². The Morgan fingerprint density at radius 1 is 1.67 bits per heavy atom. The van der Waals surface area contributed by atoms with Crippen molar-refractivity contribution in [1.29, 1.82) is 5.26 Å². The lowest BCUT2D eigenvalue weighted by molar-refractivity contribution is -0.138. The topological polar surface area (TPSA) is 81.4 Å². The molecule has 0 unspecified atom stereocenters. The maximum Gasteiger partial charge on any atom is 0.317 e. The highest BCUT2D eigenvalue weighted by Gasteiger charge is 2.07. The van der Waals surface area contributed by atoms with Crippen LogP contribution in [0.25, 0.3) is 0 Å². The Morgan fingerprint density at radius 3 is 2.75 bits per heavy atom. The molecule has 0 aromatic heterocycles.